The SMILES string of the molecule is CCN1CC[C@@H](NC(=O)c2ccc(N3[C@@H]4CC[C@H]3CC(NC(=O)c3cc(C)c(C(N)=O)cc3C)C4)nc2)C1. The zero-order valence-corrected chi connectivity index (χ0v) is 22.5. The summed E-state index contributed by atoms with van der Waals surface area (Å²) in [5.74, 6) is 0.231. The highest BCUT2D eigenvalue weighted by Gasteiger charge is 2.42. The molecular weight excluding hydrogens is 480 g/mol. The Balaban J connectivity index is 1.20. The average molecular weight is 519 g/mol. The second kappa shape index (κ2) is 10.7. The number of primary amides is 1. The molecule has 1 unspecified atom stereocenters. The number of nitrogens with one attached hydrogen (secondary N) is 2. The van der Waals surface area contributed by atoms with Crippen LogP contribution in [0.4, 0.5) is 5.82 Å². The van der Waals surface area contributed by atoms with E-state index in [0.29, 0.717) is 34.3 Å². The van der Waals surface area contributed by atoms with Crippen LogP contribution in [0.15, 0.2) is 30.5 Å². The van der Waals surface area contributed by atoms with Gasteiger partial charge in [-0.25, -0.2) is 4.98 Å². The summed E-state index contributed by atoms with van der Waals surface area (Å²) in [6, 6.07) is 8.14. The number of nitrogens with two attached hydrogens (primary N) is 1. The van der Waals surface area contributed by atoms with Gasteiger partial charge in [-0.2, -0.15) is 0 Å². The molecule has 0 aliphatic carbocycles. The predicted octanol–water partition coefficient (Wildman–Crippen LogP) is 2.55. The van der Waals surface area contributed by atoms with E-state index in [1.54, 1.807) is 25.3 Å². The van der Waals surface area contributed by atoms with Gasteiger partial charge in [0.05, 0.1) is 5.56 Å². The molecule has 38 heavy (non-hydrogen) atoms. The third-order valence-corrected chi connectivity index (χ3v) is 8.48. The quantitative estimate of drug-likeness (QED) is 0.518. The third-order valence-electron chi connectivity index (χ3n) is 8.48. The number of hydrogen-bond acceptors (Lipinski definition) is 6. The lowest BCUT2D eigenvalue weighted by molar-refractivity contribution is 0.0921. The molecule has 4 atom stereocenters. The molecular formula is C29H38N6O3. The minimum Gasteiger partial charge on any atom is -0.366 e. The maximum absolute atomic E-state index is 13.1. The molecule has 3 saturated heterocycles. The fourth-order valence-electron chi connectivity index (χ4n) is 6.44. The van der Waals surface area contributed by atoms with Gasteiger partial charge >= 0.3 is 0 Å². The van der Waals surface area contributed by atoms with E-state index in [1.807, 2.05) is 19.1 Å². The van der Waals surface area contributed by atoms with E-state index < -0.39 is 5.91 Å². The molecule has 2 bridgehead atoms. The topological polar surface area (TPSA) is 121 Å². The number of likely N-dealkylation sites (N-methyl/N-ethyl adjacent to an activating group) is 1. The van der Waals surface area contributed by atoms with Crippen molar-refractivity contribution in [3.05, 3.63) is 58.3 Å². The summed E-state index contributed by atoms with van der Waals surface area (Å²) in [7, 11) is 0. The first kappa shape index (κ1) is 26.2. The summed E-state index contributed by atoms with van der Waals surface area (Å²) < 4.78 is 0. The maximum atomic E-state index is 13.1. The Labute approximate surface area is 224 Å². The Morgan fingerprint density at radius 1 is 0.947 bits per heavy atom. The number of rotatable bonds is 7. The van der Waals surface area contributed by atoms with Gasteiger partial charge in [-0.3, -0.25) is 14.4 Å². The minimum absolute atomic E-state index is 0.0641. The third kappa shape index (κ3) is 5.25. The number of benzene rings is 1. The van der Waals surface area contributed by atoms with Crippen LogP contribution in [0.3, 0.4) is 0 Å². The molecule has 3 fully saturated rings. The van der Waals surface area contributed by atoms with Crippen LogP contribution in [-0.2, 0) is 0 Å². The van der Waals surface area contributed by atoms with E-state index in [1.165, 1.54) is 0 Å². The number of aromatic nitrogens is 1. The highest BCUT2D eigenvalue weighted by molar-refractivity contribution is 5.99. The van der Waals surface area contributed by atoms with E-state index in [2.05, 4.69) is 32.3 Å². The molecule has 0 saturated carbocycles. The molecule has 1 aromatic heterocycles. The number of pyridine rings is 1. The summed E-state index contributed by atoms with van der Waals surface area (Å²) in [5, 5.41) is 6.38. The molecule has 5 rings (SSSR count). The number of amides is 3. The van der Waals surface area contributed by atoms with Crippen LogP contribution in [0.1, 0.15) is 81.2 Å². The molecule has 9 heteroatoms. The second-order valence-corrected chi connectivity index (χ2v) is 11.0. The number of carbonyl (C=O) groups is 3. The van der Waals surface area contributed by atoms with Crippen molar-refractivity contribution in [2.24, 2.45) is 5.73 Å². The molecule has 0 radical (unpaired) electrons. The Kier molecular flexibility index (Phi) is 7.38. The Morgan fingerprint density at radius 2 is 1.61 bits per heavy atom. The first-order chi connectivity index (χ1) is 18.2. The molecule has 3 aliphatic heterocycles. The van der Waals surface area contributed by atoms with Gasteiger partial charge in [0.15, 0.2) is 0 Å². The molecule has 3 aliphatic rings. The Hall–Kier alpha value is -3.46. The van der Waals surface area contributed by atoms with Gasteiger partial charge in [0.2, 0.25) is 5.91 Å². The van der Waals surface area contributed by atoms with Gasteiger partial charge in [-0.1, -0.05) is 6.92 Å². The van der Waals surface area contributed by atoms with Crippen LogP contribution in [0.5, 0.6) is 0 Å². The lowest BCUT2D eigenvalue weighted by Crippen LogP contribution is -2.51. The van der Waals surface area contributed by atoms with E-state index in [4.69, 9.17) is 5.73 Å². The lowest BCUT2D eigenvalue weighted by atomic mass is 9.95. The van der Waals surface area contributed by atoms with Gasteiger partial charge in [-0.15, -0.1) is 0 Å². The van der Waals surface area contributed by atoms with E-state index in [9.17, 15) is 14.4 Å². The fraction of sp³-hybridized carbons (Fsp3) is 0.517. The van der Waals surface area contributed by atoms with Gasteiger partial charge < -0.3 is 26.2 Å². The van der Waals surface area contributed by atoms with Gasteiger partial charge in [0, 0.05) is 54.6 Å². The number of anilines is 1. The summed E-state index contributed by atoms with van der Waals surface area (Å²) in [5.41, 5.74) is 8.52. The standard InChI is InChI=1S/C29H38N6O3/c1-4-34-10-9-20(16-34)32-28(37)19-5-8-26(31-15-19)35-22-6-7-23(35)14-21(13-22)33-29(38)25-12-17(2)24(27(30)36)11-18(25)3/h5,8,11-12,15,20-23H,4,6-7,9-10,13-14,16H2,1-3H3,(H2,30,36)(H,32,37)(H,33,38)/t20-,21?,22-,23+/m1/s1. The number of likely N-dealkylation sites (tertiary alicyclic amines) is 1. The number of hydrogen-bond donors (Lipinski definition) is 3. The van der Waals surface area contributed by atoms with Crippen molar-refractivity contribution in [1.29, 1.82) is 0 Å². The average Bonchev–Trinajstić information content (AvgIpc) is 3.46. The summed E-state index contributed by atoms with van der Waals surface area (Å²) in [6.45, 7) is 8.71. The number of carbonyl (C=O) groups excluding carboxylic acids is 3. The van der Waals surface area contributed by atoms with Crippen LogP contribution in [0.2, 0.25) is 0 Å². The van der Waals surface area contributed by atoms with Crippen LogP contribution >= 0.6 is 0 Å². The highest BCUT2D eigenvalue weighted by Crippen LogP contribution is 2.38. The molecule has 1 aromatic carbocycles. The number of piperidine rings is 1. The van der Waals surface area contributed by atoms with Gasteiger partial charge in [-0.05, 0) is 87.9 Å². The molecule has 2 aromatic rings. The van der Waals surface area contributed by atoms with Crippen LogP contribution in [0, 0.1) is 13.8 Å². The number of fused-ring (bicyclic) bond motifs is 2. The molecule has 0 spiro atoms. The van der Waals surface area contributed by atoms with Crippen molar-refractivity contribution < 1.29 is 14.4 Å². The first-order valence-corrected chi connectivity index (χ1v) is 13.7. The maximum Gasteiger partial charge on any atom is 0.253 e. The molecule has 4 N–H and O–H groups in total. The van der Waals surface area contributed by atoms with E-state index >= 15 is 0 Å². The molecule has 3 amide bonds. The zero-order valence-electron chi connectivity index (χ0n) is 22.5. The summed E-state index contributed by atoms with van der Waals surface area (Å²) in [4.78, 5) is 46.9. The highest BCUT2D eigenvalue weighted by atomic mass is 16.2. The number of nitrogens with zero attached hydrogens (tertiary/aromatic N) is 3. The smallest absolute Gasteiger partial charge is 0.253 e. The van der Waals surface area contributed by atoms with Crippen LogP contribution < -0.4 is 21.3 Å². The minimum atomic E-state index is -0.485. The normalized spacial score (nSPS) is 24.9. The summed E-state index contributed by atoms with van der Waals surface area (Å²) >= 11 is 0. The monoisotopic (exact) mass is 518 g/mol. The molecule has 4 heterocycles. The van der Waals surface area contributed by atoms with Crippen molar-refractivity contribution in [2.45, 2.75) is 77.0 Å². The second-order valence-electron chi connectivity index (χ2n) is 11.0. The predicted molar refractivity (Wildman–Crippen MR) is 146 cm³/mol. The zero-order chi connectivity index (χ0) is 27.0. The summed E-state index contributed by atoms with van der Waals surface area (Å²) in [6.07, 6.45) is 6.48. The Bertz CT molecular complexity index is 1220. The Morgan fingerprint density at radius 3 is 2.21 bits per heavy atom. The van der Waals surface area contributed by atoms with Crippen LogP contribution in [-0.4, -0.2) is 71.4 Å². The van der Waals surface area contributed by atoms with Crippen molar-refractivity contribution >= 4 is 23.5 Å². The molecule has 202 valence electrons. The lowest BCUT2D eigenvalue weighted by Gasteiger charge is -2.40. The van der Waals surface area contributed by atoms with E-state index in [0.717, 1.165) is 63.1 Å². The van der Waals surface area contributed by atoms with Gasteiger partial charge in [0.1, 0.15) is 5.82 Å². The van der Waals surface area contributed by atoms with Crippen molar-refractivity contribution in [3.63, 3.8) is 0 Å². The van der Waals surface area contributed by atoms with E-state index in [-0.39, 0.29) is 23.9 Å². The van der Waals surface area contributed by atoms with Crippen molar-refractivity contribution in [1.82, 2.24) is 20.5 Å². The van der Waals surface area contributed by atoms with Gasteiger partial charge in [0.25, 0.3) is 11.8 Å². The van der Waals surface area contributed by atoms with Crippen molar-refractivity contribution in [3.8, 4) is 0 Å². The van der Waals surface area contributed by atoms with Crippen molar-refractivity contribution in [2.75, 3.05) is 24.5 Å². The fourth-order valence-corrected chi connectivity index (χ4v) is 6.44. The number of aryl methyl sites for hydroxylation is 2. The largest absolute Gasteiger partial charge is 0.366 e. The van der Waals surface area contributed by atoms with Crippen LogP contribution in [0.25, 0.3) is 0 Å². The molecule has 9 nitrogen and oxygen atoms in total. The first-order valence-electron chi connectivity index (χ1n) is 13.7.